The Morgan fingerprint density at radius 1 is 0.416 bits per heavy atom. The average Bonchev–Trinajstić information content (AvgIpc) is 1.93. The largest absolute Gasteiger partial charge is 0.394 e. The van der Waals surface area contributed by atoms with Gasteiger partial charge in [-0.3, -0.25) is 4.79 Å². The van der Waals surface area contributed by atoms with E-state index in [1.54, 1.807) is 6.08 Å². The number of hydrogen-bond donors (Lipinski definition) is 12. The SMILES string of the molecule is CC/C=C\C/C=C\C/C=C\C/C=C\CCCCCCCCCCC(=O)NC(COC1OC(CO)C(OC2OC(CO)C(OC3OC(CO)C(O)C(O)C3O)C(O)C2O)C(O)C1O)C(O)/C=C/CC/C=C/CC/C=C/CCCCCCCCCCCCCCC. The van der Waals surface area contributed by atoms with Gasteiger partial charge in [0.1, 0.15) is 73.2 Å². The molecule has 19 heteroatoms. The molecule has 1 amide bonds. The van der Waals surface area contributed by atoms with Crippen LogP contribution in [-0.2, 0) is 33.2 Å². The van der Waals surface area contributed by atoms with Crippen LogP contribution in [0.15, 0.2) is 85.1 Å². The van der Waals surface area contributed by atoms with Crippen molar-refractivity contribution in [2.75, 3.05) is 26.4 Å². The van der Waals surface area contributed by atoms with Crippen molar-refractivity contribution in [3.8, 4) is 0 Å². The highest BCUT2D eigenvalue weighted by Crippen LogP contribution is 2.33. The van der Waals surface area contributed by atoms with E-state index in [-0.39, 0.29) is 18.9 Å². The maximum atomic E-state index is 13.4. The summed E-state index contributed by atoms with van der Waals surface area (Å²) in [5.41, 5.74) is 0. The molecule has 17 unspecified atom stereocenters. The van der Waals surface area contributed by atoms with E-state index in [4.69, 9.17) is 28.4 Å². The molecule has 3 heterocycles. The Bertz CT molecular complexity index is 1940. The molecule has 0 aliphatic carbocycles. The number of nitrogens with one attached hydrogen (secondary N) is 1. The number of carbonyl (C=O) groups is 1. The minimum Gasteiger partial charge on any atom is -0.394 e. The molecule has 0 bridgehead atoms. The minimum absolute atomic E-state index is 0.218. The molecule has 3 aliphatic heterocycles. The fourth-order valence-electron chi connectivity index (χ4n) is 11.1. The molecule has 3 fully saturated rings. The second kappa shape index (κ2) is 51.4. The lowest BCUT2D eigenvalue weighted by molar-refractivity contribution is -0.379. The van der Waals surface area contributed by atoms with Gasteiger partial charge in [0.15, 0.2) is 18.9 Å². The lowest BCUT2D eigenvalue weighted by Gasteiger charge is -2.48. The van der Waals surface area contributed by atoms with Crippen molar-refractivity contribution >= 4 is 5.91 Å². The van der Waals surface area contributed by atoms with Gasteiger partial charge >= 0.3 is 0 Å². The predicted molar refractivity (Wildman–Crippen MR) is 346 cm³/mol. The summed E-state index contributed by atoms with van der Waals surface area (Å²) in [7, 11) is 0. The first-order valence-electron chi connectivity index (χ1n) is 34.3. The fourth-order valence-corrected chi connectivity index (χ4v) is 11.1. The predicted octanol–water partition coefficient (Wildman–Crippen LogP) is 8.71. The van der Waals surface area contributed by atoms with E-state index < -0.39 is 124 Å². The Labute approximate surface area is 533 Å². The Kier molecular flexibility index (Phi) is 46.3. The van der Waals surface area contributed by atoms with Crippen LogP contribution in [0.1, 0.15) is 219 Å². The molecule has 17 atom stereocenters. The normalized spacial score (nSPS) is 28.8. The number of unbranched alkanes of at least 4 members (excludes halogenated alkanes) is 23. The maximum absolute atomic E-state index is 13.4. The smallest absolute Gasteiger partial charge is 0.220 e. The quantitative estimate of drug-likeness (QED) is 0.0200. The van der Waals surface area contributed by atoms with Crippen LogP contribution in [-0.4, -0.2) is 193 Å². The first-order chi connectivity index (χ1) is 43.3. The molecule has 3 aliphatic rings. The van der Waals surface area contributed by atoms with E-state index in [2.05, 4.69) is 92.1 Å². The average molecular weight is 1260 g/mol. The first kappa shape index (κ1) is 80.2. The van der Waals surface area contributed by atoms with Gasteiger partial charge < -0.3 is 89.9 Å². The van der Waals surface area contributed by atoms with Gasteiger partial charge in [-0.2, -0.15) is 0 Å². The molecular formula is C70H121NO18. The van der Waals surface area contributed by atoms with Crippen LogP contribution >= 0.6 is 0 Å². The maximum Gasteiger partial charge on any atom is 0.220 e. The fraction of sp³-hybridized carbons (Fsp3) is 0.786. The van der Waals surface area contributed by atoms with Gasteiger partial charge in [0.05, 0.1) is 38.6 Å². The van der Waals surface area contributed by atoms with Crippen LogP contribution in [0.2, 0.25) is 0 Å². The van der Waals surface area contributed by atoms with E-state index in [0.717, 1.165) is 89.9 Å². The van der Waals surface area contributed by atoms with Crippen LogP contribution in [0.3, 0.4) is 0 Å². The summed E-state index contributed by atoms with van der Waals surface area (Å²) in [4.78, 5) is 13.4. The summed E-state index contributed by atoms with van der Waals surface area (Å²) >= 11 is 0. The van der Waals surface area contributed by atoms with Crippen LogP contribution in [0, 0.1) is 0 Å². The van der Waals surface area contributed by atoms with E-state index in [1.807, 2.05) is 6.08 Å². The van der Waals surface area contributed by atoms with Crippen LogP contribution in [0.25, 0.3) is 0 Å². The number of carbonyl (C=O) groups excluding carboxylic acids is 1. The molecule has 3 saturated heterocycles. The van der Waals surface area contributed by atoms with Crippen LogP contribution < -0.4 is 5.32 Å². The zero-order valence-electron chi connectivity index (χ0n) is 54.1. The number of allylic oxidation sites excluding steroid dienone is 13. The molecule has 0 radical (unpaired) electrons. The number of hydrogen-bond acceptors (Lipinski definition) is 18. The Balaban J connectivity index is 1.48. The summed E-state index contributed by atoms with van der Waals surface area (Å²) in [6.45, 7) is 1.58. The van der Waals surface area contributed by atoms with E-state index in [0.29, 0.717) is 12.8 Å². The third-order valence-corrected chi connectivity index (χ3v) is 16.7. The standard InChI is InChI=1S/C70H121NO18/c1-3-5-7-9-11-13-15-17-19-21-23-25-26-28-29-31-33-35-37-39-41-43-45-47-54(75)53(71-58(76)48-46-44-42-40-38-36-34-32-30-27-24-22-20-18-16-14-12-10-8-6-4-2)52-84-68-64(82)61(79)66(56(50-73)86-68)89-70-65(83)62(80)67(57(51-74)87-70)88-69-63(81)60(78)59(77)55(49-72)85-69/h6,8,12,14,18,20,24,27,29,31,37,39,45,47,53-57,59-70,72-75,77-83H,3-5,7,9-11,13,15-17,19,21-23,25-26,28,30,32-36,38,40-44,46,48-52H2,1-2H3,(H,71,76)/b8-6-,14-12-,20-18-,27-24-,31-29+,39-37+,47-45+. The lowest BCUT2D eigenvalue weighted by Crippen LogP contribution is -2.66. The van der Waals surface area contributed by atoms with Crippen molar-refractivity contribution in [1.29, 1.82) is 0 Å². The van der Waals surface area contributed by atoms with E-state index in [9.17, 15) is 61.0 Å². The van der Waals surface area contributed by atoms with Crippen molar-refractivity contribution in [3.63, 3.8) is 0 Å². The van der Waals surface area contributed by atoms with Gasteiger partial charge in [-0.05, 0) is 83.5 Å². The number of rotatable bonds is 51. The summed E-state index contributed by atoms with van der Waals surface area (Å²) < 4.78 is 34.3. The van der Waals surface area contributed by atoms with Crippen molar-refractivity contribution in [3.05, 3.63) is 85.1 Å². The lowest BCUT2D eigenvalue weighted by atomic mass is 9.96. The molecule has 0 aromatic heterocycles. The van der Waals surface area contributed by atoms with Crippen LogP contribution in [0.5, 0.6) is 0 Å². The van der Waals surface area contributed by atoms with E-state index >= 15 is 0 Å². The minimum atomic E-state index is -1.99. The topological polar surface area (TPSA) is 307 Å². The summed E-state index contributed by atoms with van der Waals surface area (Å²) in [5.74, 6) is -0.301. The molecular weight excluding hydrogens is 1140 g/mol. The van der Waals surface area contributed by atoms with Gasteiger partial charge in [-0.15, -0.1) is 0 Å². The first-order valence-corrected chi connectivity index (χ1v) is 34.3. The highest BCUT2D eigenvalue weighted by molar-refractivity contribution is 5.76. The van der Waals surface area contributed by atoms with Gasteiger partial charge in [0.2, 0.25) is 5.91 Å². The molecule has 89 heavy (non-hydrogen) atoms. The summed E-state index contributed by atoms with van der Waals surface area (Å²) in [5, 5.41) is 120. The summed E-state index contributed by atoms with van der Waals surface area (Å²) in [6.07, 6.45) is 38.4. The van der Waals surface area contributed by atoms with Crippen molar-refractivity contribution < 1.29 is 89.4 Å². The second-order valence-corrected chi connectivity index (χ2v) is 24.2. The second-order valence-electron chi connectivity index (χ2n) is 24.2. The zero-order valence-corrected chi connectivity index (χ0v) is 54.1. The number of amides is 1. The van der Waals surface area contributed by atoms with Crippen molar-refractivity contribution in [2.45, 2.75) is 324 Å². The third kappa shape index (κ3) is 33.6. The molecule has 19 nitrogen and oxygen atoms in total. The van der Waals surface area contributed by atoms with Gasteiger partial charge in [0.25, 0.3) is 0 Å². The highest BCUT2D eigenvalue weighted by Gasteiger charge is 2.53. The van der Waals surface area contributed by atoms with Crippen molar-refractivity contribution in [2.24, 2.45) is 0 Å². The van der Waals surface area contributed by atoms with Crippen LogP contribution in [0.4, 0.5) is 0 Å². The Morgan fingerprint density at radius 2 is 0.787 bits per heavy atom. The molecule has 0 spiro atoms. The molecule has 514 valence electrons. The Morgan fingerprint density at radius 3 is 1.26 bits per heavy atom. The number of aliphatic hydroxyl groups is 11. The van der Waals surface area contributed by atoms with Gasteiger partial charge in [-0.25, -0.2) is 0 Å². The molecule has 0 aromatic carbocycles. The third-order valence-electron chi connectivity index (χ3n) is 16.7. The summed E-state index contributed by atoms with van der Waals surface area (Å²) in [6, 6.07) is -1.01. The number of aliphatic hydroxyl groups excluding tert-OH is 11. The zero-order chi connectivity index (χ0) is 64.7. The number of ether oxygens (including phenoxy) is 6. The molecule has 0 aromatic rings. The van der Waals surface area contributed by atoms with Gasteiger partial charge in [-0.1, -0.05) is 214 Å². The molecule has 0 saturated carbocycles. The monoisotopic (exact) mass is 1260 g/mol. The highest BCUT2D eigenvalue weighted by atomic mass is 16.8. The van der Waals surface area contributed by atoms with E-state index in [1.165, 1.54) is 96.3 Å². The molecule has 3 rings (SSSR count). The van der Waals surface area contributed by atoms with Crippen molar-refractivity contribution in [1.82, 2.24) is 5.32 Å². The Hall–Kier alpha value is -3.03. The van der Waals surface area contributed by atoms with Gasteiger partial charge in [0, 0.05) is 6.42 Å². The molecule has 12 N–H and O–H groups in total.